The van der Waals surface area contributed by atoms with Crippen LogP contribution in [0.5, 0.6) is 0 Å². The molecule has 108 valence electrons. The molecular weight excluding hydrogens is 238 g/mol. The van der Waals surface area contributed by atoms with Gasteiger partial charge in [0.2, 0.25) is 0 Å². The van der Waals surface area contributed by atoms with Crippen LogP contribution >= 0.6 is 0 Å². The summed E-state index contributed by atoms with van der Waals surface area (Å²) in [4.78, 5) is 12.0. The first-order chi connectivity index (χ1) is 8.85. The SMILES string of the molecule is CCc1cc(CC(=O)CCNC(C)(C)C)n(CC)n1. The van der Waals surface area contributed by atoms with Crippen molar-refractivity contribution in [3.63, 3.8) is 0 Å². The van der Waals surface area contributed by atoms with Crippen molar-refractivity contribution in [2.24, 2.45) is 0 Å². The molecule has 1 rings (SSSR count). The van der Waals surface area contributed by atoms with Crippen LogP contribution < -0.4 is 5.32 Å². The minimum Gasteiger partial charge on any atom is -0.312 e. The van der Waals surface area contributed by atoms with E-state index in [-0.39, 0.29) is 11.3 Å². The summed E-state index contributed by atoms with van der Waals surface area (Å²) in [5.41, 5.74) is 2.18. The van der Waals surface area contributed by atoms with Crippen LogP contribution in [-0.2, 0) is 24.2 Å². The third-order valence-electron chi connectivity index (χ3n) is 3.01. The van der Waals surface area contributed by atoms with E-state index in [4.69, 9.17) is 0 Å². The van der Waals surface area contributed by atoms with Gasteiger partial charge < -0.3 is 5.32 Å². The van der Waals surface area contributed by atoms with Crippen molar-refractivity contribution >= 4 is 5.78 Å². The van der Waals surface area contributed by atoms with E-state index in [1.54, 1.807) is 0 Å². The molecule has 0 fully saturated rings. The lowest BCUT2D eigenvalue weighted by molar-refractivity contribution is -0.118. The van der Waals surface area contributed by atoms with Crippen LogP contribution in [0, 0.1) is 0 Å². The zero-order chi connectivity index (χ0) is 14.5. The van der Waals surface area contributed by atoms with Crippen LogP contribution in [0.1, 0.15) is 52.4 Å². The Hall–Kier alpha value is -1.16. The lowest BCUT2D eigenvalue weighted by Gasteiger charge is -2.20. The van der Waals surface area contributed by atoms with E-state index in [9.17, 15) is 4.79 Å². The van der Waals surface area contributed by atoms with Gasteiger partial charge in [-0.05, 0) is 40.2 Å². The van der Waals surface area contributed by atoms with Gasteiger partial charge in [0.25, 0.3) is 0 Å². The molecular formula is C15H27N3O. The molecule has 0 aromatic carbocycles. The zero-order valence-electron chi connectivity index (χ0n) is 12.9. The number of aromatic nitrogens is 2. The van der Waals surface area contributed by atoms with E-state index in [2.05, 4.69) is 51.1 Å². The number of ketones is 1. The van der Waals surface area contributed by atoms with Crippen molar-refractivity contribution in [1.29, 1.82) is 0 Å². The largest absolute Gasteiger partial charge is 0.312 e. The Bertz CT molecular complexity index is 416. The topological polar surface area (TPSA) is 46.9 Å². The van der Waals surface area contributed by atoms with Crippen molar-refractivity contribution in [2.75, 3.05) is 6.54 Å². The van der Waals surface area contributed by atoms with Crippen LogP contribution in [-0.4, -0.2) is 27.6 Å². The summed E-state index contributed by atoms with van der Waals surface area (Å²) >= 11 is 0. The van der Waals surface area contributed by atoms with E-state index in [1.165, 1.54) is 0 Å². The predicted octanol–water partition coefficient (Wildman–Crippen LogP) is 2.36. The van der Waals surface area contributed by atoms with Crippen LogP contribution in [0.25, 0.3) is 0 Å². The summed E-state index contributed by atoms with van der Waals surface area (Å²) in [6, 6.07) is 2.05. The molecule has 4 nitrogen and oxygen atoms in total. The highest BCUT2D eigenvalue weighted by Gasteiger charge is 2.12. The van der Waals surface area contributed by atoms with Crippen molar-refractivity contribution in [3.8, 4) is 0 Å². The van der Waals surface area contributed by atoms with Gasteiger partial charge in [0.15, 0.2) is 0 Å². The number of carbonyl (C=O) groups is 1. The van der Waals surface area contributed by atoms with Gasteiger partial charge in [-0.1, -0.05) is 6.92 Å². The maximum absolute atomic E-state index is 12.0. The summed E-state index contributed by atoms with van der Waals surface area (Å²) in [6.45, 7) is 12.0. The number of hydrogen-bond donors (Lipinski definition) is 1. The van der Waals surface area contributed by atoms with Crippen molar-refractivity contribution in [2.45, 2.75) is 66.0 Å². The predicted molar refractivity (Wildman–Crippen MR) is 78.4 cm³/mol. The first-order valence-electron chi connectivity index (χ1n) is 7.18. The Morgan fingerprint density at radius 2 is 2.05 bits per heavy atom. The van der Waals surface area contributed by atoms with Crippen LogP contribution in [0.4, 0.5) is 0 Å². The summed E-state index contributed by atoms with van der Waals surface area (Å²) in [5, 5.41) is 7.81. The fourth-order valence-electron chi connectivity index (χ4n) is 1.97. The quantitative estimate of drug-likeness (QED) is 0.823. The Morgan fingerprint density at radius 1 is 1.37 bits per heavy atom. The maximum atomic E-state index is 12.0. The maximum Gasteiger partial charge on any atom is 0.140 e. The number of aryl methyl sites for hydroxylation is 2. The summed E-state index contributed by atoms with van der Waals surface area (Å²) in [6.07, 6.45) is 1.99. The molecule has 0 radical (unpaired) electrons. The standard InChI is InChI=1S/C15H27N3O/c1-6-12-10-13(18(7-2)17-12)11-14(19)8-9-16-15(3,4)5/h10,16H,6-9,11H2,1-5H3. The minimum absolute atomic E-state index is 0.0703. The van der Waals surface area contributed by atoms with Crippen molar-refractivity contribution in [3.05, 3.63) is 17.5 Å². The fraction of sp³-hybridized carbons (Fsp3) is 0.733. The molecule has 1 aromatic heterocycles. The van der Waals surface area contributed by atoms with Crippen LogP contribution in [0.15, 0.2) is 6.07 Å². The second kappa shape index (κ2) is 6.85. The second-order valence-electron chi connectivity index (χ2n) is 5.94. The van der Waals surface area contributed by atoms with Gasteiger partial charge in [-0.2, -0.15) is 5.10 Å². The third-order valence-corrected chi connectivity index (χ3v) is 3.01. The van der Waals surface area contributed by atoms with Crippen molar-refractivity contribution < 1.29 is 4.79 Å². The molecule has 0 saturated heterocycles. The molecule has 4 heteroatoms. The summed E-state index contributed by atoms with van der Waals surface area (Å²) in [5.74, 6) is 0.272. The first-order valence-corrected chi connectivity index (χ1v) is 7.18. The van der Waals surface area contributed by atoms with E-state index in [0.29, 0.717) is 12.8 Å². The number of hydrogen-bond acceptors (Lipinski definition) is 3. The van der Waals surface area contributed by atoms with Crippen LogP contribution in [0.2, 0.25) is 0 Å². The molecule has 0 atom stereocenters. The Balaban J connectivity index is 2.50. The zero-order valence-corrected chi connectivity index (χ0v) is 12.9. The molecule has 0 bridgehead atoms. The number of nitrogens with zero attached hydrogens (tertiary/aromatic N) is 2. The minimum atomic E-state index is 0.0703. The van der Waals surface area contributed by atoms with E-state index in [0.717, 1.165) is 30.9 Å². The van der Waals surface area contributed by atoms with Gasteiger partial charge in [-0.15, -0.1) is 0 Å². The lowest BCUT2D eigenvalue weighted by Crippen LogP contribution is -2.37. The number of nitrogens with one attached hydrogen (secondary N) is 1. The molecule has 1 heterocycles. The third kappa shape index (κ3) is 5.55. The van der Waals surface area contributed by atoms with Gasteiger partial charge in [-0.3, -0.25) is 9.48 Å². The van der Waals surface area contributed by atoms with Gasteiger partial charge >= 0.3 is 0 Å². The van der Waals surface area contributed by atoms with E-state index < -0.39 is 0 Å². The normalized spacial score (nSPS) is 11.8. The molecule has 0 unspecified atom stereocenters. The fourth-order valence-corrected chi connectivity index (χ4v) is 1.97. The number of rotatable bonds is 7. The molecule has 1 N–H and O–H groups in total. The second-order valence-corrected chi connectivity index (χ2v) is 5.94. The van der Waals surface area contributed by atoms with E-state index in [1.807, 2.05) is 4.68 Å². The molecule has 1 aromatic rings. The van der Waals surface area contributed by atoms with Gasteiger partial charge in [0, 0.05) is 37.2 Å². The molecule has 19 heavy (non-hydrogen) atoms. The Labute approximate surface area is 116 Å². The number of carbonyl (C=O) groups excluding carboxylic acids is 1. The van der Waals surface area contributed by atoms with Gasteiger partial charge in [-0.25, -0.2) is 0 Å². The molecule has 0 aliphatic rings. The summed E-state index contributed by atoms with van der Waals surface area (Å²) in [7, 11) is 0. The molecule has 0 spiro atoms. The highest BCUT2D eigenvalue weighted by Crippen LogP contribution is 2.08. The Morgan fingerprint density at radius 3 is 2.58 bits per heavy atom. The monoisotopic (exact) mass is 265 g/mol. The lowest BCUT2D eigenvalue weighted by atomic mass is 10.1. The van der Waals surface area contributed by atoms with Crippen molar-refractivity contribution in [1.82, 2.24) is 15.1 Å². The molecule has 0 aliphatic carbocycles. The highest BCUT2D eigenvalue weighted by atomic mass is 16.1. The molecule has 0 aliphatic heterocycles. The summed E-state index contributed by atoms with van der Waals surface area (Å²) < 4.78 is 1.94. The first kappa shape index (κ1) is 15.9. The average Bonchev–Trinajstić information content (AvgIpc) is 2.69. The highest BCUT2D eigenvalue weighted by molar-refractivity contribution is 5.80. The molecule has 0 amide bonds. The average molecular weight is 265 g/mol. The Kier molecular flexibility index (Phi) is 5.73. The smallest absolute Gasteiger partial charge is 0.140 e. The van der Waals surface area contributed by atoms with Crippen LogP contribution in [0.3, 0.4) is 0 Å². The van der Waals surface area contributed by atoms with Gasteiger partial charge in [0.1, 0.15) is 5.78 Å². The molecule has 0 saturated carbocycles. The number of Topliss-reactive ketones (excluding diaryl/α,β-unsaturated/α-hetero) is 1. The van der Waals surface area contributed by atoms with E-state index >= 15 is 0 Å². The van der Waals surface area contributed by atoms with Gasteiger partial charge in [0.05, 0.1) is 5.69 Å².